The van der Waals surface area contributed by atoms with E-state index < -0.39 is 0 Å². The van der Waals surface area contributed by atoms with Gasteiger partial charge in [0.2, 0.25) is 0 Å². The van der Waals surface area contributed by atoms with E-state index in [1.54, 1.807) is 0 Å². The van der Waals surface area contributed by atoms with Crippen LogP contribution in [-0.2, 0) is 30.7 Å². The van der Waals surface area contributed by atoms with Crippen LogP contribution in [0, 0.1) is 0 Å². The summed E-state index contributed by atoms with van der Waals surface area (Å²) in [5.41, 5.74) is 0. The Morgan fingerprint density at radius 1 is 0.800 bits per heavy atom. The Kier molecular flexibility index (Phi) is 14.6. The van der Waals surface area contributed by atoms with Gasteiger partial charge in [-0.05, 0) is 26.0 Å². The van der Waals surface area contributed by atoms with Crippen LogP contribution in [0.4, 0.5) is 0 Å². The number of carbonyl (C=O) groups is 2. The largest absolute Gasteiger partial charge is 2.00 e. The molecule has 0 aromatic carbocycles. The van der Waals surface area contributed by atoms with E-state index in [9.17, 15) is 19.8 Å². The summed E-state index contributed by atoms with van der Waals surface area (Å²) in [6, 6.07) is 0. The van der Waals surface area contributed by atoms with E-state index in [4.69, 9.17) is 0 Å². The first-order chi connectivity index (χ1) is 6.25. The average Bonchev–Trinajstić information content (AvgIpc) is 1.79. The first-order valence-electron chi connectivity index (χ1n) is 3.97. The Bertz CT molecular complexity index is 231. The molecule has 0 radical (unpaired) electrons. The normalized spacial score (nSPS) is 10.7. The zero-order valence-corrected chi connectivity index (χ0v) is 11.4. The van der Waals surface area contributed by atoms with Gasteiger partial charge in [-0.3, -0.25) is 9.59 Å². The van der Waals surface area contributed by atoms with Crippen molar-refractivity contribution in [3.05, 3.63) is 23.7 Å². The van der Waals surface area contributed by atoms with Crippen LogP contribution in [-0.4, -0.2) is 11.6 Å². The molecule has 5 heteroatoms. The van der Waals surface area contributed by atoms with Crippen molar-refractivity contribution < 1.29 is 40.9 Å². The summed E-state index contributed by atoms with van der Waals surface area (Å²) >= 11 is 0. The molecule has 0 aromatic rings. The summed E-state index contributed by atoms with van der Waals surface area (Å²) < 4.78 is 0. The zero-order chi connectivity index (χ0) is 11.7. The number of ketones is 2. The maximum atomic E-state index is 9.98. The molecule has 0 aliphatic rings. The number of allylic oxidation sites excluding steroid dienone is 4. The van der Waals surface area contributed by atoms with Crippen molar-refractivity contribution in [2.75, 3.05) is 0 Å². The summed E-state index contributed by atoms with van der Waals surface area (Å²) in [6.45, 7) is 5.39. The van der Waals surface area contributed by atoms with E-state index in [0.29, 0.717) is 0 Å². The molecule has 15 heavy (non-hydrogen) atoms. The Morgan fingerprint density at radius 3 is 1.00 bits per heavy atom. The summed E-state index contributed by atoms with van der Waals surface area (Å²) in [5.74, 6) is -0.750. The van der Waals surface area contributed by atoms with Crippen LogP contribution in [0.25, 0.3) is 0 Å². The van der Waals surface area contributed by atoms with E-state index in [0.717, 1.165) is 12.2 Å². The standard InChI is InChI=1S/2C5H8O2.Pt/c2*1-4(6)3-5(2)7;/h2*3,6H,1-2H3;/q;;+2/p-2. The zero-order valence-electron chi connectivity index (χ0n) is 9.10. The third kappa shape index (κ3) is 32.0. The van der Waals surface area contributed by atoms with Gasteiger partial charge in [-0.15, -0.1) is 11.5 Å². The van der Waals surface area contributed by atoms with Crippen LogP contribution in [0.15, 0.2) is 23.7 Å². The van der Waals surface area contributed by atoms with E-state index in [-0.39, 0.29) is 44.2 Å². The average molecular weight is 393 g/mol. The molecular weight excluding hydrogens is 379 g/mol. The van der Waals surface area contributed by atoms with E-state index in [1.807, 2.05) is 0 Å². The summed E-state index contributed by atoms with van der Waals surface area (Å²) in [6.07, 6.45) is 2.11. The van der Waals surface area contributed by atoms with Crippen LogP contribution >= 0.6 is 0 Å². The van der Waals surface area contributed by atoms with E-state index in [1.165, 1.54) is 27.7 Å². The minimum absolute atomic E-state index is 0. The van der Waals surface area contributed by atoms with E-state index >= 15 is 0 Å². The topological polar surface area (TPSA) is 80.3 Å². The molecule has 0 saturated heterocycles. The molecule has 4 nitrogen and oxygen atoms in total. The molecule has 88 valence electrons. The number of rotatable bonds is 2. The van der Waals surface area contributed by atoms with Crippen LogP contribution in [0.3, 0.4) is 0 Å². The summed E-state index contributed by atoms with van der Waals surface area (Å²) in [4.78, 5) is 20.0. The van der Waals surface area contributed by atoms with Crippen molar-refractivity contribution in [1.82, 2.24) is 0 Å². The molecular formula is C10H14O4Pt. The molecule has 0 atom stereocenters. The van der Waals surface area contributed by atoms with Gasteiger partial charge in [0.1, 0.15) is 0 Å². The monoisotopic (exact) mass is 393 g/mol. The second-order valence-corrected chi connectivity index (χ2v) is 2.73. The SMILES string of the molecule is CC(=O)C=C(C)[O-].CC(=O)C=C(C)[O-].[Pt+2]. The minimum atomic E-state index is -0.187. The van der Waals surface area contributed by atoms with Crippen LogP contribution in [0.5, 0.6) is 0 Å². The fourth-order valence-electron chi connectivity index (χ4n) is 0.572. The van der Waals surface area contributed by atoms with Gasteiger partial charge in [-0.25, -0.2) is 0 Å². The van der Waals surface area contributed by atoms with Gasteiger partial charge < -0.3 is 10.2 Å². The van der Waals surface area contributed by atoms with Crippen molar-refractivity contribution in [2.24, 2.45) is 0 Å². The molecule has 0 amide bonds. The number of carbonyl (C=O) groups excluding carboxylic acids is 2. The predicted molar refractivity (Wildman–Crippen MR) is 48.9 cm³/mol. The molecule has 0 fully saturated rings. The van der Waals surface area contributed by atoms with Crippen LogP contribution in [0.2, 0.25) is 0 Å². The third-order valence-corrected chi connectivity index (χ3v) is 0.813. The molecule has 0 spiro atoms. The fraction of sp³-hybridized carbons (Fsp3) is 0.400. The Morgan fingerprint density at radius 2 is 1.00 bits per heavy atom. The summed E-state index contributed by atoms with van der Waals surface area (Å²) in [7, 11) is 0. The number of hydrogen-bond donors (Lipinski definition) is 0. The molecule has 0 N–H and O–H groups in total. The van der Waals surface area contributed by atoms with Gasteiger partial charge in [0.15, 0.2) is 11.6 Å². The molecule has 0 unspecified atom stereocenters. The van der Waals surface area contributed by atoms with Crippen molar-refractivity contribution in [3.8, 4) is 0 Å². The van der Waals surface area contributed by atoms with E-state index in [2.05, 4.69) is 0 Å². The second-order valence-electron chi connectivity index (χ2n) is 2.73. The van der Waals surface area contributed by atoms with Gasteiger partial charge in [0, 0.05) is 0 Å². The quantitative estimate of drug-likeness (QED) is 0.476. The molecule has 0 heterocycles. The molecule has 0 saturated carbocycles. The Balaban J connectivity index is -0.000000180. The maximum absolute atomic E-state index is 9.98. The fourth-order valence-corrected chi connectivity index (χ4v) is 0.572. The predicted octanol–water partition coefficient (Wildman–Crippen LogP) is -0.324. The first kappa shape index (κ1) is 19.6. The van der Waals surface area contributed by atoms with Crippen molar-refractivity contribution in [2.45, 2.75) is 27.7 Å². The summed E-state index contributed by atoms with van der Waals surface area (Å²) in [5, 5.41) is 20.0. The van der Waals surface area contributed by atoms with Crippen LogP contribution < -0.4 is 10.2 Å². The molecule has 0 aromatic heterocycles. The van der Waals surface area contributed by atoms with Crippen molar-refractivity contribution >= 4 is 11.6 Å². The van der Waals surface area contributed by atoms with Gasteiger partial charge in [0.05, 0.1) is 0 Å². The number of hydrogen-bond acceptors (Lipinski definition) is 4. The third-order valence-electron chi connectivity index (χ3n) is 0.813. The van der Waals surface area contributed by atoms with Gasteiger partial charge in [-0.1, -0.05) is 13.8 Å². The molecule has 0 aliphatic carbocycles. The van der Waals surface area contributed by atoms with Crippen LogP contribution in [0.1, 0.15) is 27.7 Å². The first-order valence-corrected chi connectivity index (χ1v) is 3.97. The molecule has 0 aliphatic heterocycles. The Labute approximate surface area is 104 Å². The Hall–Kier alpha value is -0.892. The van der Waals surface area contributed by atoms with Crippen molar-refractivity contribution in [3.63, 3.8) is 0 Å². The van der Waals surface area contributed by atoms with Gasteiger partial charge >= 0.3 is 21.1 Å². The smallest absolute Gasteiger partial charge is 0.876 e. The molecule has 0 rings (SSSR count). The molecule has 0 bridgehead atoms. The van der Waals surface area contributed by atoms with Crippen molar-refractivity contribution in [1.29, 1.82) is 0 Å². The van der Waals surface area contributed by atoms with Gasteiger partial charge in [-0.2, -0.15) is 0 Å². The maximum Gasteiger partial charge on any atom is 2.00 e. The van der Waals surface area contributed by atoms with Gasteiger partial charge in [0.25, 0.3) is 0 Å². The minimum Gasteiger partial charge on any atom is -0.876 e. The second kappa shape index (κ2) is 11.2.